The summed E-state index contributed by atoms with van der Waals surface area (Å²) in [6.07, 6.45) is 0. The van der Waals surface area contributed by atoms with Gasteiger partial charge >= 0.3 is 0 Å². The van der Waals surface area contributed by atoms with E-state index in [2.05, 4.69) is 5.32 Å². The van der Waals surface area contributed by atoms with E-state index in [1.165, 1.54) is 0 Å². The van der Waals surface area contributed by atoms with Crippen molar-refractivity contribution >= 4 is 0 Å². The molecule has 0 amide bonds. The van der Waals surface area contributed by atoms with Crippen molar-refractivity contribution in [1.82, 2.24) is 5.32 Å². The third-order valence-corrected chi connectivity index (χ3v) is 3.14. The number of hydrogen-bond donors (Lipinski definition) is 2. The number of phenols is 1. The lowest BCUT2D eigenvalue weighted by molar-refractivity contribution is 0.340. The standard InChI is InChI=1S/C17H21NO3/c1-3-21-16-6-4-5-13(9-16)11-18-12-14-10-15(20-2)7-8-17(14)19/h4-10,18-19H,3,11-12H2,1-2H3. The SMILES string of the molecule is CCOc1cccc(CNCc2cc(OC)ccc2O)c1. The number of phenolic OH excluding ortho intramolecular Hbond substituents is 1. The molecule has 0 unspecified atom stereocenters. The Morgan fingerprint density at radius 3 is 2.67 bits per heavy atom. The van der Waals surface area contributed by atoms with Gasteiger partial charge < -0.3 is 19.9 Å². The Bertz CT molecular complexity index is 584. The van der Waals surface area contributed by atoms with Crippen LogP contribution in [0.5, 0.6) is 17.2 Å². The number of benzene rings is 2. The van der Waals surface area contributed by atoms with E-state index in [4.69, 9.17) is 9.47 Å². The molecule has 0 aliphatic carbocycles. The number of nitrogens with one attached hydrogen (secondary N) is 1. The summed E-state index contributed by atoms with van der Waals surface area (Å²) in [4.78, 5) is 0. The van der Waals surface area contributed by atoms with Gasteiger partial charge in [0.15, 0.2) is 0 Å². The Labute approximate surface area is 125 Å². The Kier molecular flexibility index (Phi) is 5.46. The summed E-state index contributed by atoms with van der Waals surface area (Å²) in [5.74, 6) is 1.88. The molecule has 4 nitrogen and oxygen atoms in total. The second-order valence-corrected chi connectivity index (χ2v) is 4.68. The van der Waals surface area contributed by atoms with Gasteiger partial charge in [-0.1, -0.05) is 12.1 Å². The molecule has 2 aromatic rings. The smallest absolute Gasteiger partial charge is 0.120 e. The summed E-state index contributed by atoms with van der Waals surface area (Å²) < 4.78 is 10.6. The lowest BCUT2D eigenvalue weighted by atomic mass is 10.1. The van der Waals surface area contributed by atoms with Crippen molar-refractivity contribution in [2.75, 3.05) is 13.7 Å². The fourth-order valence-electron chi connectivity index (χ4n) is 2.08. The number of ether oxygens (including phenoxy) is 2. The normalized spacial score (nSPS) is 10.4. The number of methoxy groups -OCH3 is 1. The molecular weight excluding hydrogens is 266 g/mol. The molecule has 0 radical (unpaired) electrons. The average Bonchev–Trinajstić information content (AvgIpc) is 2.50. The second-order valence-electron chi connectivity index (χ2n) is 4.68. The molecule has 0 heterocycles. The van der Waals surface area contributed by atoms with E-state index >= 15 is 0 Å². The van der Waals surface area contributed by atoms with Crippen LogP contribution in [0.3, 0.4) is 0 Å². The zero-order chi connectivity index (χ0) is 15.1. The van der Waals surface area contributed by atoms with Crippen molar-refractivity contribution in [1.29, 1.82) is 0 Å². The molecule has 2 N–H and O–H groups in total. The minimum Gasteiger partial charge on any atom is -0.508 e. The highest BCUT2D eigenvalue weighted by molar-refractivity contribution is 5.39. The van der Waals surface area contributed by atoms with Crippen molar-refractivity contribution in [2.24, 2.45) is 0 Å². The van der Waals surface area contributed by atoms with Crippen LogP contribution in [0.4, 0.5) is 0 Å². The van der Waals surface area contributed by atoms with Crippen LogP contribution < -0.4 is 14.8 Å². The van der Waals surface area contributed by atoms with Gasteiger partial charge in [-0.05, 0) is 42.8 Å². The molecule has 0 aliphatic rings. The molecule has 4 heteroatoms. The maximum absolute atomic E-state index is 9.83. The summed E-state index contributed by atoms with van der Waals surface area (Å²) in [5, 5.41) is 13.1. The first-order valence-electron chi connectivity index (χ1n) is 7.01. The van der Waals surface area contributed by atoms with E-state index in [9.17, 15) is 5.11 Å². The highest BCUT2D eigenvalue weighted by Crippen LogP contribution is 2.22. The van der Waals surface area contributed by atoms with Gasteiger partial charge in [-0.15, -0.1) is 0 Å². The molecule has 0 bridgehead atoms. The topological polar surface area (TPSA) is 50.7 Å². The predicted octanol–water partition coefficient (Wildman–Crippen LogP) is 3.09. The van der Waals surface area contributed by atoms with Crippen LogP contribution in [0.2, 0.25) is 0 Å². The van der Waals surface area contributed by atoms with Gasteiger partial charge in [-0.3, -0.25) is 0 Å². The molecule has 2 rings (SSSR count). The first-order valence-corrected chi connectivity index (χ1v) is 7.01. The third kappa shape index (κ3) is 4.39. The van der Waals surface area contributed by atoms with Gasteiger partial charge in [-0.25, -0.2) is 0 Å². The van der Waals surface area contributed by atoms with Crippen LogP contribution in [-0.2, 0) is 13.1 Å². The highest BCUT2D eigenvalue weighted by atomic mass is 16.5. The quantitative estimate of drug-likeness (QED) is 0.821. The van der Waals surface area contributed by atoms with Gasteiger partial charge in [-0.2, -0.15) is 0 Å². The summed E-state index contributed by atoms with van der Waals surface area (Å²) in [7, 11) is 1.61. The fourth-order valence-corrected chi connectivity index (χ4v) is 2.08. The zero-order valence-electron chi connectivity index (χ0n) is 12.4. The zero-order valence-corrected chi connectivity index (χ0v) is 12.4. The first kappa shape index (κ1) is 15.2. The Balaban J connectivity index is 1.93. The maximum atomic E-state index is 9.83. The van der Waals surface area contributed by atoms with Crippen LogP contribution >= 0.6 is 0 Å². The second kappa shape index (κ2) is 7.55. The Hall–Kier alpha value is -2.20. The molecule has 112 valence electrons. The number of hydrogen-bond acceptors (Lipinski definition) is 4. The first-order chi connectivity index (χ1) is 10.2. The summed E-state index contributed by atoms with van der Waals surface area (Å²) in [5.41, 5.74) is 1.96. The van der Waals surface area contributed by atoms with Crippen molar-refractivity contribution in [3.8, 4) is 17.2 Å². The minimum atomic E-state index is 0.270. The highest BCUT2D eigenvalue weighted by Gasteiger charge is 2.03. The summed E-state index contributed by atoms with van der Waals surface area (Å²) in [6.45, 7) is 3.91. The van der Waals surface area contributed by atoms with E-state index < -0.39 is 0 Å². The van der Waals surface area contributed by atoms with E-state index in [1.807, 2.05) is 37.3 Å². The van der Waals surface area contributed by atoms with Crippen molar-refractivity contribution in [3.05, 3.63) is 53.6 Å². The van der Waals surface area contributed by atoms with Crippen LogP contribution in [-0.4, -0.2) is 18.8 Å². The van der Waals surface area contributed by atoms with Gasteiger partial charge in [0.2, 0.25) is 0 Å². The van der Waals surface area contributed by atoms with E-state index in [1.54, 1.807) is 19.2 Å². The van der Waals surface area contributed by atoms with Crippen molar-refractivity contribution in [3.63, 3.8) is 0 Å². The van der Waals surface area contributed by atoms with Gasteiger partial charge in [0.1, 0.15) is 17.2 Å². The average molecular weight is 287 g/mol. The van der Waals surface area contributed by atoms with Gasteiger partial charge in [0.05, 0.1) is 13.7 Å². The maximum Gasteiger partial charge on any atom is 0.120 e. The minimum absolute atomic E-state index is 0.270. The monoisotopic (exact) mass is 287 g/mol. The van der Waals surface area contributed by atoms with E-state index in [0.29, 0.717) is 19.7 Å². The molecular formula is C17H21NO3. The fraction of sp³-hybridized carbons (Fsp3) is 0.294. The molecule has 0 fully saturated rings. The van der Waals surface area contributed by atoms with E-state index in [-0.39, 0.29) is 5.75 Å². The van der Waals surface area contributed by atoms with Crippen molar-refractivity contribution in [2.45, 2.75) is 20.0 Å². The molecule has 0 aromatic heterocycles. The largest absolute Gasteiger partial charge is 0.508 e. The molecule has 0 saturated heterocycles. The number of aromatic hydroxyl groups is 1. The molecule has 2 aromatic carbocycles. The van der Waals surface area contributed by atoms with Gasteiger partial charge in [0, 0.05) is 18.7 Å². The van der Waals surface area contributed by atoms with Crippen LogP contribution in [0.1, 0.15) is 18.1 Å². The van der Waals surface area contributed by atoms with Crippen LogP contribution in [0.25, 0.3) is 0 Å². The lowest BCUT2D eigenvalue weighted by Crippen LogP contribution is -2.13. The summed E-state index contributed by atoms with van der Waals surface area (Å²) >= 11 is 0. The molecule has 21 heavy (non-hydrogen) atoms. The molecule has 0 aliphatic heterocycles. The Morgan fingerprint density at radius 1 is 1.05 bits per heavy atom. The van der Waals surface area contributed by atoms with Crippen molar-refractivity contribution < 1.29 is 14.6 Å². The lowest BCUT2D eigenvalue weighted by Gasteiger charge is -2.10. The molecule has 0 saturated carbocycles. The molecule has 0 atom stereocenters. The van der Waals surface area contributed by atoms with Gasteiger partial charge in [0.25, 0.3) is 0 Å². The Morgan fingerprint density at radius 2 is 1.90 bits per heavy atom. The van der Waals surface area contributed by atoms with E-state index in [0.717, 1.165) is 22.6 Å². The van der Waals surface area contributed by atoms with Crippen LogP contribution in [0.15, 0.2) is 42.5 Å². The predicted molar refractivity (Wildman–Crippen MR) is 82.8 cm³/mol. The molecule has 0 spiro atoms. The summed E-state index contributed by atoms with van der Waals surface area (Å²) in [6, 6.07) is 13.2. The third-order valence-electron chi connectivity index (χ3n) is 3.14. The van der Waals surface area contributed by atoms with Crippen LogP contribution in [0, 0.1) is 0 Å². The number of rotatable bonds is 7.